The number of benzene rings is 2. The maximum Gasteiger partial charge on any atom is 0.255 e. The number of carbonyl (C=O) groups excluding carboxylic acids is 1. The average molecular weight is 404 g/mol. The summed E-state index contributed by atoms with van der Waals surface area (Å²) in [5.41, 5.74) is 3.14. The van der Waals surface area contributed by atoms with E-state index in [-0.39, 0.29) is 5.91 Å². The minimum absolute atomic E-state index is 0.184. The number of nitrogens with zero attached hydrogens (tertiary/aromatic N) is 2. The third-order valence-electron chi connectivity index (χ3n) is 5.91. The van der Waals surface area contributed by atoms with Crippen LogP contribution in [0, 0.1) is 0 Å². The molecule has 29 heavy (non-hydrogen) atoms. The highest BCUT2D eigenvalue weighted by molar-refractivity contribution is 6.38. The second-order valence-corrected chi connectivity index (χ2v) is 8.12. The Morgan fingerprint density at radius 2 is 1.90 bits per heavy atom. The number of nitrogens with one attached hydrogen (secondary N) is 1. The molecule has 1 saturated carbocycles. The van der Waals surface area contributed by atoms with Crippen molar-refractivity contribution in [1.82, 2.24) is 9.55 Å². The number of pyridine rings is 1. The van der Waals surface area contributed by atoms with Crippen LogP contribution >= 0.6 is 11.6 Å². The van der Waals surface area contributed by atoms with Crippen molar-refractivity contribution >= 4 is 45.0 Å². The Kier molecular flexibility index (Phi) is 4.72. The van der Waals surface area contributed by atoms with Gasteiger partial charge in [-0.1, -0.05) is 49.1 Å². The van der Waals surface area contributed by atoms with Gasteiger partial charge >= 0.3 is 0 Å². The zero-order valence-corrected chi connectivity index (χ0v) is 16.8. The topological polar surface area (TPSA) is 46.9 Å². The van der Waals surface area contributed by atoms with E-state index in [0.717, 1.165) is 16.3 Å². The molecule has 2 heterocycles. The lowest BCUT2D eigenvalue weighted by molar-refractivity contribution is 0.102. The molecule has 146 valence electrons. The summed E-state index contributed by atoms with van der Waals surface area (Å²) in [5, 5.41) is 5.34. The number of aromatic nitrogens is 2. The fourth-order valence-corrected chi connectivity index (χ4v) is 4.63. The SMILES string of the molecule is O=C(Nc1cnc2ccccc2c1Cl)c1ccc2c(ccn2C2CCCCC2)c1. The number of halogens is 1. The van der Waals surface area contributed by atoms with E-state index < -0.39 is 0 Å². The molecule has 5 heteroatoms. The molecule has 1 fully saturated rings. The molecular weight excluding hydrogens is 382 g/mol. The van der Waals surface area contributed by atoms with Gasteiger partial charge in [-0.2, -0.15) is 0 Å². The van der Waals surface area contributed by atoms with Crippen LogP contribution in [0.4, 0.5) is 5.69 Å². The highest BCUT2D eigenvalue weighted by Gasteiger charge is 2.18. The molecule has 0 unspecified atom stereocenters. The fraction of sp³-hybridized carbons (Fsp3) is 0.250. The van der Waals surface area contributed by atoms with E-state index in [1.54, 1.807) is 6.20 Å². The largest absolute Gasteiger partial charge is 0.344 e. The second kappa shape index (κ2) is 7.53. The lowest BCUT2D eigenvalue weighted by atomic mass is 9.95. The highest BCUT2D eigenvalue weighted by Crippen LogP contribution is 2.32. The average Bonchev–Trinajstić information content (AvgIpc) is 3.20. The predicted molar refractivity (Wildman–Crippen MR) is 119 cm³/mol. The van der Waals surface area contributed by atoms with Crippen LogP contribution in [0.5, 0.6) is 0 Å². The van der Waals surface area contributed by atoms with Gasteiger partial charge in [-0.25, -0.2) is 0 Å². The first-order valence-electron chi connectivity index (χ1n) is 10.2. The number of rotatable bonds is 3. The molecule has 0 saturated heterocycles. The maximum atomic E-state index is 12.9. The van der Waals surface area contributed by atoms with E-state index >= 15 is 0 Å². The number of carbonyl (C=O) groups is 1. The first kappa shape index (κ1) is 18.2. The molecule has 1 aliphatic carbocycles. The van der Waals surface area contributed by atoms with E-state index in [2.05, 4.69) is 33.2 Å². The first-order chi connectivity index (χ1) is 14.2. The van der Waals surface area contributed by atoms with Crippen molar-refractivity contribution in [2.45, 2.75) is 38.1 Å². The Balaban J connectivity index is 1.42. The molecule has 1 aliphatic rings. The Bertz CT molecular complexity index is 1210. The van der Waals surface area contributed by atoms with Crippen LogP contribution in [0.15, 0.2) is 60.9 Å². The van der Waals surface area contributed by atoms with Crippen LogP contribution in [0.25, 0.3) is 21.8 Å². The summed E-state index contributed by atoms with van der Waals surface area (Å²) >= 11 is 6.50. The van der Waals surface area contributed by atoms with Crippen molar-refractivity contribution in [1.29, 1.82) is 0 Å². The quantitative estimate of drug-likeness (QED) is 0.418. The van der Waals surface area contributed by atoms with Gasteiger partial charge in [0.25, 0.3) is 5.91 Å². The van der Waals surface area contributed by atoms with E-state index in [0.29, 0.717) is 22.3 Å². The summed E-state index contributed by atoms with van der Waals surface area (Å²) in [7, 11) is 0. The lowest BCUT2D eigenvalue weighted by Gasteiger charge is -2.24. The molecule has 5 rings (SSSR count). The van der Waals surface area contributed by atoms with E-state index in [9.17, 15) is 4.79 Å². The third-order valence-corrected chi connectivity index (χ3v) is 6.32. The summed E-state index contributed by atoms with van der Waals surface area (Å²) in [4.78, 5) is 17.2. The first-order valence-corrected chi connectivity index (χ1v) is 10.5. The Morgan fingerprint density at radius 3 is 2.76 bits per heavy atom. The Labute approximate surface area is 174 Å². The summed E-state index contributed by atoms with van der Waals surface area (Å²) in [5.74, 6) is -0.184. The molecule has 0 bridgehead atoms. The van der Waals surface area contributed by atoms with Crippen LogP contribution in [-0.4, -0.2) is 15.5 Å². The molecule has 0 aliphatic heterocycles. The molecule has 2 aromatic heterocycles. The summed E-state index contributed by atoms with van der Waals surface area (Å²) in [6.45, 7) is 0. The van der Waals surface area contributed by atoms with Crippen LogP contribution in [0.3, 0.4) is 0 Å². The minimum Gasteiger partial charge on any atom is -0.344 e. The summed E-state index contributed by atoms with van der Waals surface area (Å²) in [6.07, 6.45) is 10.2. The fourth-order valence-electron chi connectivity index (χ4n) is 4.37. The summed E-state index contributed by atoms with van der Waals surface area (Å²) < 4.78 is 2.38. The van der Waals surface area contributed by atoms with E-state index in [4.69, 9.17) is 11.6 Å². The molecule has 1 amide bonds. The van der Waals surface area contributed by atoms with Crippen molar-refractivity contribution in [2.24, 2.45) is 0 Å². The zero-order valence-electron chi connectivity index (χ0n) is 16.1. The lowest BCUT2D eigenvalue weighted by Crippen LogP contribution is -2.13. The van der Waals surface area contributed by atoms with Gasteiger partial charge in [0.1, 0.15) is 0 Å². The van der Waals surface area contributed by atoms with Gasteiger partial charge < -0.3 is 9.88 Å². The van der Waals surface area contributed by atoms with Gasteiger partial charge in [0.2, 0.25) is 0 Å². The van der Waals surface area contributed by atoms with Crippen LogP contribution in [0.2, 0.25) is 5.02 Å². The molecule has 0 atom stereocenters. The van der Waals surface area contributed by atoms with Crippen LogP contribution in [0.1, 0.15) is 48.5 Å². The molecule has 0 spiro atoms. The minimum atomic E-state index is -0.184. The number of amides is 1. The highest BCUT2D eigenvalue weighted by atomic mass is 35.5. The molecule has 1 N–H and O–H groups in total. The number of hydrogen-bond donors (Lipinski definition) is 1. The van der Waals surface area contributed by atoms with Crippen molar-refractivity contribution in [3.63, 3.8) is 0 Å². The second-order valence-electron chi connectivity index (χ2n) is 7.75. The molecule has 4 nitrogen and oxygen atoms in total. The molecular formula is C24H22ClN3O. The van der Waals surface area contributed by atoms with Gasteiger partial charge in [0.05, 0.1) is 22.4 Å². The summed E-state index contributed by atoms with van der Waals surface area (Å²) in [6, 6.07) is 16.2. The smallest absolute Gasteiger partial charge is 0.255 e. The van der Waals surface area contributed by atoms with Gasteiger partial charge in [0, 0.05) is 34.1 Å². The van der Waals surface area contributed by atoms with Gasteiger partial charge in [-0.05, 0) is 43.2 Å². The Hall–Kier alpha value is -2.85. The van der Waals surface area contributed by atoms with Crippen LogP contribution < -0.4 is 5.32 Å². The monoisotopic (exact) mass is 403 g/mol. The third kappa shape index (κ3) is 3.38. The van der Waals surface area contributed by atoms with Crippen molar-refractivity contribution in [2.75, 3.05) is 5.32 Å². The maximum absolute atomic E-state index is 12.9. The normalized spacial score (nSPS) is 15.1. The number of anilines is 1. The van der Waals surface area contributed by atoms with E-state index in [1.165, 1.54) is 37.6 Å². The predicted octanol–water partition coefficient (Wildman–Crippen LogP) is 6.60. The number of hydrogen-bond acceptors (Lipinski definition) is 2. The molecule has 2 aromatic carbocycles. The van der Waals surface area contributed by atoms with Gasteiger partial charge in [-0.15, -0.1) is 0 Å². The van der Waals surface area contributed by atoms with Crippen molar-refractivity contribution in [3.8, 4) is 0 Å². The molecule has 4 aromatic rings. The zero-order chi connectivity index (χ0) is 19.8. The van der Waals surface area contributed by atoms with Crippen LogP contribution in [-0.2, 0) is 0 Å². The van der Waals surface area contributed by atoms with Gasteiger partial charge in [0.15, 0.2) is 0 Å². The van der Waals surface area contributed by atoms with Crippen molar-refractivity contribution in [3.05, 3.63) is 71.5 Å². The van der Waals surface area contributed by atoms with Gasteiger partial charge in [-0.3, -0.25) is 9.78 Å². The number of para-hydroxylation sites is 1. The van der Waals surface area contributed by atoms with E-state index in [1.807, 2.05) is 36.4 Å². The standard InChI is InChI=1S/C24H22ClN3O/c25-23-19-8-4-5-9-20(19)26-15-21(23)27-24(29)17-10-11-22-16(14-17)12-13-28(22)18-6-2-1-3-7-18/h4-5,8-15,18H,1-3,6-7H2,(H,27,29). The Morgan fingerprint density at radius 1 is 1.07 bits per heavy atom. The molecule has 0 radical (unpaired) electrons. The number of fused-ring (bicyclic) bond motifs is 2. The van der Waals surface area contributed by atoms with Crippen molar-refractivity contribution < 1.29 is 4.79 Å².